The monoisotopic (exact) mass is 804 g/mol. The smallest absolute Gasteiger partial charge is 0.136 e. The Bertz CT molecular complexity index is 3580. The van der Waals surface area contributed by atoms with Crippen LogP contribution >= 0.6 is 0 Å². The maximum Gasteiger partial charge on any atom is 0.136 e. The summed E-state index contributed by atoms with van der Waals surface area (Å²) in [5.41, 5.74) is 17.8. The fraction of sp³-hybridized carbons (Fsp3) is 0. The number of hydrogen-bond acceptors (Lipinski definition) is 2. The molecule has 0 saturated heterocycles. The van der Waals surface area contributed by atoms with Gasteiger partial charge >= 0.3 is 0 Å². The van der Waals surface area contributed by atoms with Gasteiger partial charge in [-0.1, -0.05) is 164 Å². The van der Waals surface area contributed by atoms with Crippen LogP contribution in [0.15, 0.2) is 247 Å². The Morgan fingerprint density at radius 1 is 0.286 bits per heavy atom. The third-order valence-corrected chi connectivity index (χ3v) is 12.4. The summed E-state index contributed by atoms with van der Waals surface area (Å²) in [4.78, 5) is 2.37. The first-order valence-corrected chi connectivity index (χ1v) is 21.5. The molecule has 2 heterocycles. The number of rotatable bonds is 8. The molecule has 0 saturated carbocycles. The zero-order valence-corrected chi connectivity index (χ0v) is 34.4. The van der Waals surface area contributed by atoms with Gasteiger partial charge in [-0.15, -0.1) is 0 Å². The van der Waals surface area contributed by atoms with Crippen LogP contribution in [0.4, 0.5) is 17.1 Å². The van der Waals surface area contributed by atoms with E-state index in [2.05, 4.69) is 240 Å². The molecular weight excluding hydrogens is 765 g/mol. The number of para-hydroxylation sites is 4. The van der Waals surface area contributed by atoms with Gasteiger partial charge in [0.05, 0.1) is 16.7 Å². The second-order valence-corrected chi connectivity index (χ2v) is 16.1. The van der Waals surface area contributed by atoms with Gasteiger partial charge in [0.25, 0.3) is 0 Å². The highest BCUT2D eigenvalue weighted by Gasteiger charge is 2.18. The lowest BCUT2D eigenvalue weighted by molar-refractivity contribution is 0.669. The number of benzene rings is 10. The molecule has 3 heteroatoms. The summed E-state index contributed by atoms with van der Waals surface area (Å²) in [7, 11) is 0. The van der Waals surface area contributed by atoms with Gasteiger partial charge in [0.1, 0.15) is 11.2 Å². The van der Waals surface area contributed by atoms with Gasteiger partial charge in [-0.2, -0.15) is 0 Å². The minimum absolute atomic E-state index is 0.887. The SMILES string of the molecule is c1ccc(-c2cccc(-c3cccc(N(c4ccc(-c5ccccc5-n5c6ccccc6c6ccccc65)cc4)c4cccc(-c5ccc6c(c5)oc5ccccc56)c4)c3)c2)cc1. The van der Waals surface area contributed by atoms with E-state index in [1.807, 2.05) is 12.1 Å². The van der Waals surface area contributed by atoms with Gasteiger partial charge in [0.2, 0.25) is 0 Å². The van der Waals surface area contributed by atoms with Crippen molar-refractivity contribution in [1.82, 2.24) is 4.57 Å². The molecule has 296 valence electrons. The average Bonchev–Trinajstić information content (AvgIpc) is 3.90. The lowest BCUT2D eigenvalue weighted by Crippen LogP contribution is -2.10. The second kappa shape index (κ2) is 15.3. The number of hydrogen-bond donors (Lipinski definition) is 0. The van der Waals surface area contributed by atoms with Gasteiger partial charge in [0, 0.05) is 44.2 Å². The first-order valence-electron chi connectivity index (χ1n) is 21.5. The van der Waals surface area contributed by atoms with Crippen molar-refractivity contribution in [3.63, 3.8) is 0 Å². The van der Waals surface area contributed by atoms with E-state index in [0.717, 1.165) is 66.9 Å². The summed E-state index contributed by atoms with van der Waals surface area (Å²) < 4.78 is 8.74. The summed E-state index contributed by atoms with van der Waals surface area (Å²) in [6.07, 6.45) is 0. The Kier molecular flexibility index (Phi) is 8.83. The van der Waals surface area contributed by atoms with Crippen LogP contribution in [-0.4, -0.2) is 4.57 Å². The highest BCUT2D eigenvalue weighted by molar-refractivity contribution is 6.10. The van der Waals surface area contributed by atoms with Crippen LogP contribution in [-0.2, 0) is 0 Å². The Hall–Kier alpha value is -8.40. The van der Waals surface area contributed by atoms with E-state index >= 15 is 0 Å². The number of furan rings is 1. The minimum atomic E-state index is 0.887. The van der Waals surface area contributed by atoms with Gasteiger partial charge in [-0.05, 0) is 118 Å². The molecule has 12 rings (SSSR count). The molecule has 0 amide bonds. The molecule has 0 atom stereocenters. The third-order valence-electron chi connectivity index (χ3n) is 12.4. The van der Waals surface area contributed by atoms with E-state index in [-0.39, 0.29) is 0 Å². The van der Waals surface area contributed by atoms with Crippen molar-refractivity contribution in [3.05, 3.63) is 243 Å². The predicted molar refractivity (Wildman–Crippen MR) is 264 cm³/mol. The maximum atomic E-state index is 6.33. The standard InChI is InChI=1S/C60H40N2O/c1-2-15-41(16-3-1)43-17-12-18-44(37-43)45-19-13-21-49(38-45)61(50-22-14-20-46(39-50)47-33-36-55-54-26-7-11-30-59(54)63-60(55)40-47)48-34-31-42(32-35-48)51-23-4-8-27-56(51)62-57-28-9-5-24-52(57)53-25-6-10-29-58(53)62/h1-40H. The maximum absolute atomic E-state index is 6.33. The molecule has 0 spiro atoms. The highest BCUT2D eigenvalue weighted by Crippen LogP contribution is 2.42. The number of anilines is 3. The van der Waals surface area contributed by atoms with E-state index in [1.165, 1.54) is 44.1 Å². The first kappa shape index (κ1) is 36.5. The molecule has 0 unspecified atom stereocenters. The molecule has 12 aromatic rings. The van der Waals surface area contributed by atoms with Crippen molar-refractivity contribution >= 4 is 60.8 Å². The summed E-state index contributed by atoms with van der Waals surface area (Å²) in [5.74, 6) is 0. The van der Waals surface area contributed by atoms with Crippen molar-refractivity contribution < 1.29 is 4.42 Å². The Labute approximate surface area is 366 Å². The summed E-state index contributed by atoms with van der Waals surface area (Å²) in [6.45, 7) is 0. The molecule has 10 aromatic carbocycles. The normalized spacial score (nSPS) is 11.5. The van der Waals surface area contributed by atoms with Gasteiger partial charge in [-0.25, -0.2) is 0 Å². The van der Waals surface area contributed by atoms with E-state index in [9.17, 15) is 0 Å². The average molecular weight is 805 g/mol. The third kappa shape index (κ3) is 6.46. The van der Waals surface area contributed by atoms with E-state index in [1.54, 1.807) is 0 Å². The molecule has 0 bridgehead atoms. The first-order chi connectivity index (χ1) is 31.2. The molecule has 2 aromatic heterocycles. The second-order valence-electron chi connectivity index (χ2n) is 16.1. The van der Waals surface area contributed by atoms with Crippen LogP contribution in [0.1, 0.15) is 0 Å². The van der Waals surface area contributed by atoms with Crippen molar-refractivity contribution in [2.45, 2.75) is 0 Å². The highest BCUT2D eigenvalue weighted by atomic mass is 16.3. The molecule has 0 aliphatic carbocycles. The molecule has 0 aliphatic rings. The van der Waals surface area contributed by atoms with Crippen LogP contribution < -0.4 is 4.90 Å². The lowest BCUT2D eigenvalue weighted by atomic mass is 9.98. The van der Waals surface area contributed by atoms with E-state index in [0.29, 0.717) is 0 Å². The van der Waals surface area contributed by atoms with E-state index < -0.39 is 0 Å². The zero-order chi connectivity index (χ0) is 41.7. The zero-order valence-electron chi connectivity index (χ0n) is 34.4. The van der Waals surface area contributed by atoms with Gasteiger partial charge in [0.15, 0.2) is 0 Å². The van der Waals surface area contributed by atoms with Crippen LogP contribution in [0.2, 0.25) is 0 Å². The molecular formula is C60H40N2O. The van der Waals surface area contributed by atoms with Crippen molar-refractivity contribution in [2.24, 2.45) is 0 Å². The topological polar surface area (TPSA) is 21.3 Å². The predicted octanol–water partition coefficient (Wildman–Crippen LogP) is 16.8. The Morgan fingerprint density at radius 2 is 0.778 bits per heavy atom. The van der Waals surface area contributed by atoms with Crippen LogP contribution in [0.25, 0.3) is 93.9 Å². The van der Waals surface area contributed by atoms with Crippen molar-refractivity contribution in [1.29, 1.82) is 0 Å². The van der Waals surface area contributed by atoms with E-state index in [4.69, 9.17) is 4.42 Å². The largest absolute Gasteiger partial charge is 0.456 e. The molecule has 3 nitrogen and oxygen atoms in total. The molecule has 0 fully saturated rings. The van der Waals surface area contributed by atoms with Gasteiger partial charge < -0.3 is 13.9 Å². The summed E-state index contributed by atoms with van der Waals surface area (Å²) >= 11 is 0. The quantitative estimate of drug-likeness (QED) is 0.153. The molecule has 63 heavy (non-hydrogen) atoms. The number of fused-ring (bicyclic) bond motifs is 6. The van der Waals surface area contributed by atoms with Crippen LogP contribution in [0, 0.1) is 0 Å². The Morgan fingerprint density at radius 3 is 1.48 bits per heavy atom. The fourth-order valence-corrected chi connectivity index (χ4v) is 9.40. The molecule has 0 aliphatic heterocycles. The molecule has 0 N–H and O–H groups in total. The minimum Gasteiger partial charge on any atom is -0.456 e. The van der Waals surface area contributed by atoms with Crippen molar-refractivity contribution in [2.75, 3.05) is 4.90 Å². The van der Waals surface area contributed by atoms with Crippen LogP contribution in [0.5, 0.6) is 0 Å². The molecule has 0 radical (unpaired) electrons. The number of aromatic nitrogens is 1. The lowest BCUT2D eigenvalue weighted by Gasteiger charge is -2.27. The number of nitrogens with zero attached hydrogens (tertiary/aromatic N) is 2. The Balaban J connectivity index is 0.978. The summed E-state index contributed by atoms with van der Waals surface area (Å²) in [6, 6.07) is 87.2. The fourth-order valence-electron chi connectivity index (χ4n) is 9.40. The summed E-state index contributed by atoms with van der Waals surface area (Å²) in [5, 5.41) is 4.76. The van der Waals surface area contributed by atoms with Gasteiger partial charge in [-0.3, -0.25) is 0 Å². The van der Waals surface area contributed by atoms with Crippen molar-refractivity contribution in [3.8, 4) is 50.2 Å². The van der Waals surface area contributed by atoms with Crippen LogP contribution in [0.3, 0.4) is 0 Å².